The van der Waals surface area contributed by atoms with Gasteiger partial charge in [0, 0.05) is 19.2 Å². The normalized spacial score (nSPS) is 34.1. The van der Waals surface area contributed by atoms with Crippen molar-refractivity contribution in [3.8, 4) is 0 Å². The highest BCUT2D eigenvalue weighted by atomic mass is 16.3. The van der Waals surface area contributed by atoms with Gasteiger partial charge in [0.1, 0.15) is 0 Å². The van der Waals surface area contributed by atoms with Crippen molar-refractivity contribution in [3.05, 3.63) is 71.8 Å². The van der Waals surface area contributed by atoms with E-state index in [0.717, 1.165) is 17.6 Å². The van der Waals surface area contributed by atoms with Gasteiger partial charge in [-0.1, -0.05) is 81.5 Å². The first-order chi connectivity index (χ1) is 14.3. The second-order valence-corrected chi connectivity index (χ2v) is 9.51. The molecule has 7 atom stereocenters. The summed E-state index contributed by atoms with van der Waals surface area (Å²) in [5.74, 6) is 2.50. The molecule has 0 radical (unpaired) electrons. The highest BCUT2D eigenvalue weighted by Gasteiger charge is 2.44. The van der Waals surface area contributed by atoms with Gasteiger partial charge in [0.25, 0.3) is 0 Å². The number of rotatable bonds is 5. The van der Waals surface area contributed by atoms with Crippen molar-refractivity contribution in [2.45, 2.75) is 46.8 Å². The molecule has 0 saturated heterocycles. The van der Waals surface area contributed by atoms with E-state index in [1.807, 2.05) is 50.4 Å². The molecule has 162 valence electrons. The van der Waals surface area contributed by atoms with E-state index in [0.29, 0.717) is 36.1 Å². The number of likely N-dealkylation sites (N-methyl/N-ethyl adjacent to an activating group) is 1. The third-order valence-corrected chi connectivity index (χ3v) is 7.21. The molecule has 0 spiro atoms. The van der Waals surface area contributed by atoms with Crippen LogP contribution in [0.1, 0.15) is 39.7 Å². The maximum atomic E-state index is 12.7. The second-order valence-electron chi connectivity index (χ2n) is 9.51. The van der Waals surface area contributed by atoms with Crippen LogP contribution < -0.4 is 0 Å². The van der Waals surface area contributed by atoms with Crippen LogP contribution in [0.3, 0.4) is 0 Å². The number of aliphatic hydroxyl groups excluding tert-OH is 1. The molecule has 1 amide bonds. The Balaban J connectivity index is 1.68. The van der Waals surface area contributed by atoms with Gasteiger partial charge < -0.3 is 10.0 Å². The summed E-state index contributed by atoms with van der Waals surface area (Å²) in [5, 5.41) is 10.6. The molecule has 3 rings (SSSR count). The number of aliphatic hydroxyl groups is 1. The summed E-state index contributed by atoms with van der Waals surface area (Å²) >= 11 is 0. The second kappa shape index (κ2) is 9.78. The fourth-order valence-corrected chi connectivity index (χ4v) is 5.43. The highest BCUT2D eigenvalue weighted by Crippen LogP contribution is 2.48. The van der Waals surface area contributed by atoms with Gasteiger partial charge in [-0.25, -0.2) is 0 Å². The first-order valence-corrected chi connectivity index (χ1v) is 11.3. The standard InChI is InChI=1S/C27H37NO2/c1-18-14-15-23-16-20(3)26(29)21(4)25(23)24(18)13-9-10-19(2)27(30)28(5)17-22-11-7-6-8-12-22/h6-15,18,20-21,23-26,29H,16-17H2,1-5H3/t18-,20+,21-,23-,24-,25-,26-/m0/s1. The van der Waals surface area contributed by atoms with Crippen molar-refractivity contribution in [2.24, 2.45) is 35.5 Å². The van der Waals surface area contributed by atoms with E-state index in [1.54, 1.807) is 4.90 Å². The zero-order valence-corrected chi connectivity index (χ0v) is 19.0. The summed E-state index contributed by atoms with van der Waals surface area (Å²) in [4.78, 5) is 14.5. The van der Waals surface area contributed by atoms with Gasteiger partial charge in [0.15, 0.2) is 0 Å². The van der Waals surface area contributed by atoms with Gasteiger partial charge in [-0.05, 0) is 54.4 Å². The van der Waals surface area contributed by atoms with Crippen molar-refractivity contribution in [1.82, 2.24) is 4.90 Å². The van der Waals surface area contributed by atoms with E-state index >= 15 is 0 Å². The number of fused-ring (bicyclic) bond motifs is 1. The Labute approximate surface area is 182 Å². The zero-order valence-electron chi connectivity index (χ0n) is 19.0. The van der Waals surface area contributed by atoms with Crippen LogP contribution in [0, 0.1) is 35.5 Å². The van der Waals surface area contributed by atoms with Crippen LogP contribution in [0.15, 0.2) is 66.3 Å². The number of benzene rings is 1. The fraction of sp³-hybridized carbons (Fsp3) is 0.519. The van der Waals surface area contributed by atoms with Crippen molar-refractivity contribution in [1.29, 1.82) is 0 Å². The maximum absolute atomic E-state index is 12.7. The van der Waals surface area contributed by atoms with E-state index in [2.05, 4.69) is 45.1 Å². The number of amides is 1. The van der Waals surface area contributed by atoms with Crippen molar-refractivity contribution in [3.63, 3.8) is 0 Å². The van der Waals surface area contributed by atoms with Gasteiger partial charge >= 0.3 is 0 Å². The zero-order chi connectivity index (χ0) is 21.8. The number of carbonyl (C=O) groups excluding carboxylic acids is 1. The predicted octanol–water partition coefficient (Wildman–Crippen LogP) is 5.24. The number of carbonyl (C=O) groups is 1. The lowest BCUT2D eigenvalue weighted by Gasteiger charge is -2.48. The molecular weight excluding hydrogens is 370 g/mol. The van der Waals surface area contributed by atoms with Crippen LogP contribution in [0.4, 0.5) is 0 Å². The van der Waals surface area contributed by atoms with Gasteiger partial charge in [-0.2, -0.15) is 0 Å². The van der Waals surface area contributed by atoms with Crippen molar-refractivity contribution < 1.29 is 9.90 Å². The van der Waals surface area contributed by atoms with E-state index in [1.165, 1.54) is 0 Å². The topological polar surface area (TPSA) is 40.5 Å². The molecule has 1 N–H and O–H groups in total. The third kappa shape index (κ3) is 4.95. The molecule has 3 nitrogen and oxygen atoms in total. The smallest absolute Gasteiger partial charge is 0.249 e. The quantitative estimate of drug-likeness (QED) is 0.412. The summed E-state index contributed by atoms with van der Waals surface area (Å²) in [5.41, 5.74) is 1.87. The highest BCUT2D eigenvalue weighted by molar-refractivity contribution is 5.92. The lowest BCUT2D eigenvalue weighted by atomic mass is 9.58. The predicted molar refractivity (Wildman–Crippen MR) is 124 cm³/mol. The Morgan fingerprint density at radius 2 is 1.87 bits per heavy atom. The largest absolute Gasteiger partial charge is 0.393 e. The van der Waals surface area contributed by atoms with Crippen LogP contribution in [-0.2, 0) is 11.3 Å². The Bertz CT molecular complexity index is 809. The molecule has 1 fully saturated rings. The molecule has 3 heteroatoms. The monoisotopic (exact) mass is 407 g/mol. The summed E-state index contributed by atoms with van der Waals surface area (Å²) in [6, 6.07) is 10.1. The molecule has 0 unspecified atom stereocenters. The van der Waals surface area contributed by atoms with Gasteiger partial charge in [-0.3, -0.25) is 4.79 Å². The Kier molecular flexibility index (Phi) is 7.36. The van der Waals surface area contributed by atoms with E-state index < -0.39 is 0 Å². The minimum Gasteiger partial charge on any atom is -0.393 e. The molecule has 0 bridgehead atoms. The van der Waals surface area contributed by atoms with E-state index in [4.69, 9.17) is 0 Å². The molecule has 30 heavy (non-hydrogen) atoms. The molecule has 1 aromatic carbocycles. The minimum absolute atomic E-state index is 0.0493. The van der Waals surface area contributed by atoms with Crippen LogP contribution in [-0.4, -0.2) is 29.1 Å². The van der Waals surface area contributed by atoms with E-state index in [9.17, 15) is 9.90 Å². The van der Waals surface area contributed by atoms with Crippen LogP contribution in [0.5, 0.6) is 0 Å². The molecule has 2 aliphatic rings. The van der Waals surface area contributed by atoms with Crippen molar-refractivity contribution in [2.75, 3.05) is 7.05 Å². The molecular formula is C27H37NO2. The molecule has 2 aliphatic carbocycles. The third-order valence-electron chi connectivity index (χ3n) is 7.21. The van der Waals surface area contributed by atoms with Crippen LogP contribution in [0.25, 0.3) is 0 Å². The molecule has 1 saturated carbocycles. The Hall–Kier alpha value is -2.13. The van der Waals surface area contributed by atoms with Gasteiger partial charge in [0.05, 0.1) is 6.10 Å². The lowest BCUT2D eigenvalue weighted by Crippen LogP contribution is -2.46. The molecule has 0 heterocycles. The summed E-state index contributed by atoms with van der Waals surface area (Å²) < 4.78 is 0. The van der Waals surface area contributed by atoms with Crippen molar-refractivity contribution >= 4 is 5.91 Å². The summed E-state index contributed by atoms with van der Waals surface area (Å²) in [7, 11) is 1.85. The summed E-state index contributed by atoms with van der Waals surface area (Å²) in [6.07, 6.45) is 11.8. The van der Waals surface area contributed by atoms with Crippen LogP contribution in [0.2, 0.25) is 0 Å². The maximum Gasteiger partial charge on any atom is 0.249 e. The average molecular weight is 408 g/mol. The summed E-state index contributed by atoms with van der Waals surface area (Å²) in [6.45, 7) is 9.12. The Morgan fingerprint density at radius 3 is 2.57 bits per heavy atom. The average Bonchev–Trinajstić information content (AvgIpc) is 2.73. The number of hydrogen-bond acceptors (Lipinski definition) is 2. The van der Waals surface area contributed by atoms with Gasteiger partial charge in [-0.15, -0.1) is 0 Å². The first-order valence-electron chi connectivity index (χ1n) is 11.3. The first kappa shape index (κ1) is 22.6. The number of hydrogen-bond donors (Lipinski definition) is 1. The SMILES string of the molecule is CC(=CC=C[C@@H]1[C@H]2[C@H](C)[C@@H](O)[C@H](C)C[C@@H]2C=C[C@@H]1C)C(=O)N(C)Cc1ccccc1. The molecule has 0 aliphatic heterocycles. The van der Waals surface area contributed by atoms with E-state index in [-0.39, 0.29) is 17.9 Å². The minimum atomic E-state index is -0.230. The number of allylic oxidation sites excluding steroid dienone is 5. The van der Waals surface area contributed by atoms with Crippen LogP contribution >= 0.6 is 0 Å². The number of nitrogens with zero attached hydrogens (tertiary/aromatic N) is 1. The molecule has 1 aromatic rings. The molecule has 0 aromatic heterocycles. The fourth-order valence-electron chi connectivity index (χ4n) is 5.43. The lowest BCUT2D eigenvalue weighted by molar-refractivity contribution is -0.126. The Morgan fingerprint density at radius 1 is 1.17 bits per heavy atom. The van der Waals surface area contributed by atoms with Gasteiger partial charge in [0.2, 0.25) is 5.91 Å².